The first kappa shape index (κ1) is 16.5. The number of hydrogen-bond acceptors (Lipinski definition) is 2. The van der Waals surface area contributed by atoms with Gasteiger partial charge in [-0.3, -0.25) is 9.59 Å². The van der Waals surface area contributed by atoms with Gasteiger partial charge in [0.05, 0.1) is 0 Å². The lowest BCUT2D eigenvalue weighted by Gasteiger charge is -2.32. The molecule has 0 aromatic carbocycles. The zero-order chi connectivity index (χ0) is 15.3. The molecule has 0 unspecified atom stereocenters. The van der Waals surface area contributed by atoms with Gasteiger partial charge in [-0.05, 0) is 24.8 Å². The maximum Gasteiger partial charge on any atom is 0.254 e. The molecule has 0 saturated carbocycles. The van der Waals surface area contributed by atoms with E-state index in [0.29, 0.717) is 11.5 Å². The first-order valence-electron chi connectivity index (χ1n) is 7.38. The van der Waals surface area contributed by atoms with Crippen LogP contribution >= 0.6 is 0 Å². The van der Waals surface area contributed by atoms with Crippen LogP contribution in [0.4, 0.5) is 0 Å². The van der Waals surface area contributed by atoms with Crippen molar-refractivity contribution in [1.29, 1.82) is 0 Å². The normalized spacial score (nSPS) is 11.2. The van der Waals surface area contributed by atoms with Gasteiger partial charge in [0, 0.05) is 37.5 Å². The molecule has 0 aliphatic carbocycles. The number of aryl methyl sites for hydroxylation is 1. The van der Waals surface area contributed by atoms with Crippen molar-refractivity contribution >= 4 is 5.91 Å². The van der Waals surface area contributed by atoms with Gasteiger partial charge in [-0.1, -0.05) is 27.7 Å². The third kappa shape index (κ3) is 3.95. The first-order valence-corrected chi connectivity index (χ1v) is 7.38. The van der Waals surface area contributed by atoms with E-state index in [2.05, 4.69) is 27.7 Å². The lowest BCUT2D eigenvalue weighted by molar-refractivity contribution is 0.0640. The molecule has 1 aromatic rings. The Balaban J connectivity index is 3.08. The summed E-state index contributed by atoms with van der Waals surface area (Å²) in [6.07, 6.45) is 3.51. The monoisotopic (exact) mass is 278 g/mol. The third-order valence-electron chi connectivity index (χ3n) is 3.56. The number of nitrogens with zero attached hydrogens (tertiary/aromatic N) is 2. The number of carbonyl (C=O) groups is 1. The molecule has 0 saturated heterocycles. The van der Waals surface area contributed by atoms with Crippen molar-refractivity contribution in [3.05, 3.63) is 34.2 Å². The van der Waals surface area contributed by atoms with Gasteiger partial charge in [0.2, 0.25) is 0 Å². The van der Waals surface area contributed by atoms with E-state index < -0.39 is 0 Å². The van der Waals surface area contributed by atoms with Gasteiger partial charge < -0.3 is 9.47 Å². The number of carbonyl (C=O) groups excluding carboxylic acids is 1. The number of pyridine rings is 1. The lowest BCUT2D eigenvalue weighted by atomic mass is 10.1. The molecule has 20 heavy (non-hydrogen) atoms. The van der Waals surface area contributed by atoms with E-state index in [9.17, 15) is 9.59 Å². The molecule has 0 bridgehead atoms. The highest BCUT2D eigenvalue weighted by atomic mass is 16.2. The zero-order valence-electron chi connectivity index (χ0n) is 13.2. The molecule has 0 aliphatic heterocycles. The Morgan fingerprint density at radius 3 is 2.35 bits per heavy atom. The van der Waals surface area contributed by atoms with Crippen molar-refractivity contribution in [1.82, 2.24) is 9.47 Å². The highest BCUT2D eigenvalue weighted by Crippen LogP contribution is 2.15. The van der Waals surface area contributed by atoms with Crippen molar-refractivity contribution in [3.63, 3.8) is 0 Å². The fourth-order valence-corrected chi connectivity index (χ4v) is 2.37. The minimum atomic E-state index is -0.148. The summed E-state index contributed by atoms with van der Waals surface area (Å²) in [5.74, 6) is 0.371. The Labute approximate surface area is 121 Å². The van der Waals surface area contributed by atoms with E-state index >= 15 is 0 Å². The number of amides is 1. The quantitative estimate of drug-likeness (QED) is 0.803. The average molecular weight is 278 g/mol. The standard InChI is InChI=1S/C16H26N2O2/c1-6-14(7-2)18(11-12(3)4)16(20)13-8-9-17(5)15(19)10-13/h8-10,12,14H,6-7,11H2,1-5H3. The highest BCUT2D eigenvalue weighted by Gasteiger charge is 2.23. The fourth-order valence-electron chi connectivity index (χ4n) is 2.37. The minimum absolute atomic E-state index is 0.0369. The van der Waals surface area contributed by atoms with Crippen LogP contribution in [-0.2, 0) is 7.05 Å². The molecular weight excluding hydrogens is 252 g/mol. The van der Waals surface area contributed by atoms with E-state index in [1.165, 1.54) is 10.6 Å². The maximum atomic E-state index is 12.7. The van der Waals surface area contributed by atoms with Crippen LogP contribution in [0.2, 0.25) is 0 Å². The summed E-state index contributed by atoms with van der Waals surface area (Å²) in [5, 5.41) is 0. The van der Waals surface area contributed by atoms with E-state index in [0.717, 1.165) is 19.4 Å². The van der Waals surface area contributed by atoms with Crippen molar-refractivity contribution in [2.75, 3.05) is 6.54 Å². The molecular formula is C16H26N2O2. The third-order valence-corrected chi connectivity index (χ3v) is 3.56. The second-order valence-electron chi connectivity index (χ2n) is 5.69. The first-order chi connectivity index (χ1) is 9.40. The SMILES string of the molecule is CCC(CC)N(CC(C)C)C(=O)c1ccn(C)c(=O)c1. The Bertz CT molecular complexity index is 501. The van der Waals surface area contributed by atoms with Crippen LogP contribution in [0.5, 0.6) is 0 Å². The van der Waals surface area contributed by atoms with Crippen LogP contribution in [0.3, 0.4) is 0 Å². The Morgan fingerprint density at radius 2 is 1.90 bits per heavy atom. The molecule has 0 N–H and O–H groups in total. The number of hydrogen-bond donors (Lipinski definition) is 0. The average Bonchev–Trinajstić information content (AvgIpc) is 2.41. The molecule has 0 fully saturated rings. The van der Waals surface area contributed by atoms with Crippen LogP contribution in [0.15, 0.2) is 23.1 Å². The van der Waals surface area contributed by atoms with Crippen LogP contribution in [0.25, 0.3) is 0 Å². The van der Waals surface area contributed by atoms with Crippen LogP contribution in [0, 0.1) is 5.92 Å². The molecule has 1 rings (SSSR count). The molecule has 1 amide bonds. The fraction of sp³-hybridized carbons (Fsp3) is 0.625. The summed E-state index contributed by atoms with van der Waals surface area (Å²) in [5.41, 5.74) is 0.338. The van der Waals surface area contributed by atoms with Crippen molar-refractivity contribution in [3.8, 4) is 0 Å². The predicted octanol–water partition coefficient (Wildman–Crippen LogP) is 2.67. The molecule has 0 aliphatic rings. The predicted molar refractivity (Wildman–Crippen MR) is 81.9 cm³/mol. The van der Waals surface area contributed by atoms with E-state index in [1.54, 1.807) is 19.3 Å². The Kier molecular flexibility index (Phi) is 5.99. The summed E-state index contributed by atoms with van der Waals surface area (Å²) in [7, 11) is 1.68. The number of aromatic nitrogens is 1. The smallest absolute Gasteiger partial charge is 0.254 e. The van der Waals surface area contributed by atoms with Crippen LogP contribution in [-0.4, -0.2) is 28.0 Å². The molecule has 0 atom stereocenters. The maximum absolute atomic E-state index is 12.7. The molecule has 0 radical (unpaired) electrons. The van der Waals surface area contributed by atoms with Crippen molar-refractivity contribution in [2.45, 2.75) is 46.6 Å². The van der Waals surface area contributed by atoms with Gasteiger partial charge in [0.1, 0.15) is 0 Å². The molecule has 4 heteroatoms. The second kappa shape index (κ2) is 7.27. The Morgan fingerprint density at radius 1 is 1.30 bits per heavy atom. The molecule has 112 valence electrons. The second-order valence-corrected chi connectivity index (χ2v) is 5.69. The highest BCUT2D eigenvalue weighted by molar-refractivity contribution is 5.94. The van der Waals surface area contributed by atoms with Gasteiger partial charge in [-0.15, -0.1) is 0 Å². The van der Waals surface area contributed by atoms with Crippen molar-refractivity contribution in [2.24, 2.45) is 13.0 Å². The van der Waals surface area contributed by atoms with E-state index in [-0.39, 0.29) is 17.5 Å². The molecule has 0 spiro atoms. The van der Waals surface area contributed by atoms with E-state index in [4.69, 9.17) is 0 Å². The van der Waals surface area contributed by atoms with Gasteiger partial charge in [0.15, 0.2) is 0 Å². The molecule has 4 nitrogen and oxygen atoms in total. The summed E-state index contributed by atoms with van der Waals surface area (Å²) >= 11 is 0. The summed E-state index contributed by atoms with van der Waals surface area (Å²) in [6.45, 7) is 9.12. The lowest BCUT2D eigenvalue weighted by Crippen LogP contribution is -2.42. The van der Waals surface area contributed by atoms with Crippen molar-refractivity contribution < 1.29 is 4.79 Å². The summed E-state index contributed by atoms with van der Waals surface area (Å²) < 4.78 is 1.47. The van der Waals surface area contributed by atoms with Gasteiger partial charge >= 0.3 is 0 Å². The zero-order valence-corrected chi connectivity index (χ0v) is 13.2. The summed E-state index contributed by atoms with van der Waals surface area (Å²) in [6, 6.07) is 3.38. The van der Waals surface area contributed by atoms with E-state index in [1.807, 2.05) is 4.90 Å². The van der Waals surface area contributed by atoms with Gasteiger partial charge in [0.25, 0.3) is 11.5 Å². The van der Waals surface area contributed by atoms with Crippen LogP contribution < -0.4 is 5.56 Å². The topological polar surface area (TPSA) is 42.3 Å². The minimum Gasteiger partial charge on any atom is -0.335 e. The number of rotatable bonds is 6. The van der Waals surface area contributed by atoms with Gasteiger partial charge in [-0.25, -0.2) is 0 Å². The largest absolute Gasteiger partial charge is 0.335 e. The molecule has 1 heterocycles. The Hall–Kier alpha value is -1.58. The van der Waals surface area contributed by atoms with Gasteiger partial charge in [-0.2, -0.15) is 0 Å². The van der Waals surface area contributed by atoms with Crippen LogP contribution in [0.1, 0.15) is 50.9 Å². The summed E-state index contributed by atoms with van der Waals surface area (Å²) in [4.78, 5) is 26.3. The molecule has 1 aromatic heterocycles.